The zero-order chi connectivity index (χ0) is 13.8. The molecule has 0 aromatic heterocycles. The Morgan fingerprint density at radius 1 is 1.00 bits per heavy atom. The van der Waals surface area contributed by atoms with Crippen LogP contribution in [0.2, 0.25) is 0 Å². The van der Waals surface area contributed by atoms with Gasteiger partial charge in [0.1, 0.15) is 11.6 Å². The van der Waals surface area contributed by atoms with Crippen molar-refractivity contribution in [1.82, 2.24) is 0 Å². The van der Waals surface area contributed by atoms with E-state index in [1.54, 1.807) is 0 Å². The average molecular weight is 262 g/mol. The highest BCUT2D eigenvalue weighted by Crippen LogP contribution is 2.14. The summed E-state index contributed by atoms with van der Waals surface area (Å²) in [5.41, 5.74) is 2.62. The number of halogens is 2. The number of aryl methyl sites for hydroxylation is 1. The van der Waals surface area contributed by atoms with Crippen LogP contribution in [0, 0.1) is 18.6 Å². The van der Waals surface area contributed by atoms with E-state index in [0.717, 1.165) is 17.2 Å². The van der Waals surface area contributed by atoms with Gasteiger partial charge in [0, 0.05) is 6.07 Å². The molecule has 0 aliphatic carbocycles. The second-order valence-corrected chi connectivity index (χ2v) is 4.77. The highest BCUT2D eigenvalue weighted by Gasteiger charge is 2.10. The average Bonchev–Trinajstić information content (AvgIpc) is 2.30. The first-order valence-electron chi connectivity index (χ1n) is 6.22. The Kier molecular flexibility index (Phi) is 4.27. The molecule has 3 heteroatoms. The van der Waals surface area contributed by atoms with Crippen molar-refractivity contribution in [2.45, 2.75) is 25.9 Å². The molecule has 0 spiro atoms. The molecule has 2 aromatic rings. The molecule has 0 amide bonds. The fourth-order valence-electron chi connectivity index (χ4n) is 2.17. The maximum atomic E-state index is 13.0. The van der Waals surface area contributed by atoms with Crippen molar-refractivity contribution in [1.29, 1.82) is 0 Å². The zero-order valence-corrected chi connectivity index (χ0v) is 10.7. The maximum Gasteiger partial charge on any atom is 0.126 e. The number of benzene rings is 2. The van der Waals surface area contributed by atoms with Crippen LogP contribution in [0.1, 0.15) is 16.7 Å². The monoisotopic (exact) mass is 262 g/mol. The van der Waals surface area contributed by atoms with Gasteiger partial charge in [-0.3, -0.25) is 0 Å². The van der Waals surface area contributed by atoms with Crippen LogP contribution in [-0.2, 0) is 12.8 Å². The van der Waals surface area contributed by atoms with Crippen molar-refractivity contribution in [3.63, 3.8) is 0 Å². The summed E-state index contributed by atoms with van der Waals surface area (Å²) in [4.78, 5) is 0. The third-order valence-electron chi connectivity index (χ3n) is 3.11. The molecule has 19 heavy (non-hydrogen) atoms. The zero-order valence-electron chi connectivity index (χ0n) is 10.7. The molecule has 0 heterocycles. The van der Waals surface area contributed by atoms with Crippen LogP contribution in [0.5, 0.6) is 0 Å². The standard InChI is InChI=1S/C16H16F2O/c1-11-4-2-3-5-13(11)9-16(19)8-12-6-14(17)10-15(18)7-12/h2-7,10,16,19H,8-9H2,1H3. The molecule has 1 atom stereocenters. The molecular formula is C16H16F2O. The van der Waals surface area contributed by atoms with Gasteiger partial charge in [0.05, 0.1) is 6.10 Å². The van der Waals surface area contributed by atoms with E-state index in [9.17, 15) is 13.9 Å². The maximum absolute atomic E-state index is 13.0. The predicted molar refractivity (Wildman–Crippen MR) is 71.0 cm³/mol. The van der Waals surface area contributed by atoms with Crippen molar-refractivity contribution >= 4 is 0 Å². The molecule has 0 aliphatic rings. The minimum Gasteiger partial charge on any atom is -0.392 e. The lowest BCUT2D eigenvalue weighted by Crippen LogP contribution is -2.15. The van der Waals surface area contributed by atoms with E-state index in [-0.39, 0.29) is 6.42 Å². The van der Waals surface area contributed by atoms with Crippen molar-refractivity contribution in [2.75, 3.05) is 0 Å². The number of aliphatic hydroxyl groups is 1. The van der Waals surface area contributed by atoms with Gasteiger partial charge in [-0.1, -0.05) is 24.3 Å². The summed E-state index contributed by atoms with van der Waals surface area (Å²) in [6.45, 7) is 1.98. The first-order valence-corrected chi connectivity index (χ1v) is 6.22. The summed E-state index contributed by atoms with van der Waals surface area (Å²) >= 11 is 0. The van der Waals surface area contributed by atoms with Crippen LogP contribution in [0.3, 0.4) is 0 Å². The molecule has 1 unspecified atom stereocenters. The Morgan fingerprint density at radius 3 is 2.26 bits per heavy atom. The molecule has 1 nitrogen and oxygen atoms in total. The SMILES string of the molecule is Cc1ccccc1CC(O)Cc1cc(F)cc(F)c1. The summed E-state index contributed by atoms with van der Waals surface area (Å²) in [5, 5.41) is 10.0. The van der Waals surface area contributed by atoms with E-state index in [2.05, 4.69) is 0 Å². The van der Waals surface area contributed by atoms with Crippen molar-refractivity contribution < 1.29 is 13.9 Å². The van der Waals surface area contributed by atoms with Gasteiger partial charge in [0.2, 0.25) is 0 Å². The topological polar surface area (TPSA) is 20.2 Å². The Labute approximate surface area is 111 Å². The lowest BCUT2D eigenvalue weighted by molar-refractivity contribution is 0.175. The molecule has 0 aliphatic heterocycles. The lowest BCUT2D eigenvalue weighted by Gasteiger charge is -2.12. The molecule has 0 fully saturated rings. The normalized spacial score (nSPS) is 12.4. The summed E-state index contributed by atoms with van der Waals surface area (Å²) in [7, 11) is 0. The van der Waals surface area contributed by atoms with E-state index < -0.39 is 17.7 Å². The van der Waals surface area contributed by atoms with E-state index in [0.29, 0.717) is 12.0 Å². The highest BCUT2D eigenvalue weighted by atomic mass is 19.1. The molecule has 100 valence electrons. The quantitative estimate of drug-likeness (QED) is 0.895. The lowest BCUT2D eigenvalue weighted by atomic mass is 9.98. The molecular weight excluding hydrogens is 246 g/mol. The van der Waals surface area contributed by atoms with E-state index in [1.165, 1.54) is 12.1 Å². The molecule has 0 bridgehead atoms. The number of aliphatic hydroxyl groups excluding tert-OH is 1. The van der Waals surface area contributed by atoms with Gasteiger partial charge in [-0.15, -0.1) is 0 Å². The number of hydrogen-bond donors (Lipinski definition) is 1. The highest BCUT2D eigenvalue weighted by molar-refractivity contribution is 5.27. The Hall–Kier alpha value is -1.74. The molecule has 0 radical (unpaired) electrons. The van der Waals surface area contributed by atoms with Gasteiger partial charge >= 0.3 is 0 Å². The second kappa shape index (κ2) is 5.93. The van der Waals surface area contributed by atoms with Gasteiger partial charge < -0.3 is 5.11 Å². The summed E-state index contributed by atoms with van der Waals surface area (Å²) < 4.78 is 26.1. The van der Waals surface area contributed by atoms with Crippen molar-refractivity contribution in [3.8, 4) is 0 Å². The van der Waals surface area contributed by atoms with Crippen molar-refractivity contribution in [3.05, 3.63) is 70.8 Å². The first-order chi connectivity index (χ1) is 9.04. The van der Waals surface area contributed by atoms with Gasteiger partial charge in [0.25, 0.3) is 0 Å². The van der Waals surface area contributed by atoms with Gasteiger partial charge in [-0.2, -0.15) is 0 Å². The molecule has 0 saturated heterocycles. The van der Waals surface area contributed by atoms with Gasteiger partial charge in [-0.25, -0.2) is 8.78 Å². The minimum atomic E-state index is -0.651. The minimum absolute atomic E-state index is 0.239. The largest absolute Gasteiger partial charge is 0.392 e. The Bertz CT molecular complexity index is 546. The van der Waals surface area contributed by atoms with Crippen LogP contribution in [-0.4, -0.2) is 11.2 Å². The fraction of sp³-hybridized carbons (Fsp3) is 0.250. The Balaban J connectivity index is 2.05. The van der Waals surface area contributed by atoms with Gasteiger partial charge in [-0.05, 0) is 48.6 Å². The van der Waals surface area contributed by atoms with Crippen LogP contribution in [0.4, 0.5) is 8.78 Å². The molecule has 0 saturated carbocycles. The van der Waals surface area contributed by atoms with Crippen LogP contribution in [0.25, 0.3) is 0 Å². The molecule has 1 N–H and O–H groups in total. The number of hydrogen-bond acceptors (Lipinski definition) is 1. The number of rotatable bonds is 4. The third-order valence-corrected chi connectivity index (χ3v) is 3.11. The fourth-order valence-corrected chi connectivity index (χ4v) is 2.17. The molecule has 2 rings (SSSR count). The summed E-state index contributed by atoms with van der Waals surface area (Å²) in [6.07, 6.45) is 0.0654. The molecule has 2 aromatic carbocycles. The van der Waals surface area contributed by atoms with Crippen LogP contribution in [0.15, 0.2) is 42.5 Å². The van der Waals surface area contributed by atoms with Crippen LogP contribution >= 0.6 is 0 Å². The second-order valence-electron chi connectivity index (χ2n) is 4.77. The van der Waals surface area contributed by atoms with E-state index in [4.69, 9.17) is 0 Å². The predicted octanol–water partition coefficient (Wildman–Crippen LogP) is 3.42. The van der Waals surface area contributed by atoms with Crippen LogP contribution < -0.4 is 0 Å². The Morgan fingerprint density at radius 2 is 1.63 bits per heavy atom. The van der Waals surface area contributed by atoms with Gasteiger partial charge in [0.15, 0.2) is 0 Å². The van der Waals surface area contributed by atoms with E-state index in [1.807, 2.05) is 31.2 Å². The van der Waals surface area contributed by atoms with Crippen molar-refractivity contribution in [2.24, 2.45) is 0 Å². The first kappa shape index (κ1) is 13.7. The summed E-state index contributed by atoms with van der Waals surface area (Å²) in [5.74, 6) is -1.23. The van der Waals surface area contributed by atoms with E-state index >= 15 is 0 Å². The smallest absolute Gasteiger partial charge is 0.126 e. The summed E-state index contributed by atoms with van der Waals surface area (Å²) in [6, 6.07) is 11.1. The third kappa shape index (κ3) is 3.86.